The third kappa shape index (κ3) is 35.4. The number of carbonyl (C=O) groups excluding carboxylic acids is 1. The molecule has 3 heteroatoms. The first-order valence-electron chi connectivity index (χ1n) is 18.0. The van der Waals surface area contributed by atoms with E-state index in [2.05, 4.69) is 13.8 Å². The molecule has 0 rings (SSSR count). The zero-order valence-electron chi connectivity index (χ0n) is 27.1. The van der Waals surface area contributed by atoms with Gasteiger partial charge in [0.25, 0.3) is 0 Å². The largest absolute Gasteiger partial charge is 0.463 e. The van der Waals surface area contributed by atoms with Crippen molar-refractivity contribution in [3.8, 4) is 0 Å². The molecule has 39 heavy (non-hydrogen) atoms. The minimum atomic E-state index is -0.0511. The van der Waals surface area contributed by atoms with Crippen LogP contribution in [0, 0.1) is 0 Å². The highest BCUT2D eigenvalue weighted by Crippen LogP contribution is 2.15. The minimum absolute atomic E-state index is 0.0511. The predicted molar refractivity (Wildman–Crippen MR) is 172 cm³/mol. The fourth-order valence-electron chi connectivity index (χ4n) is 5.43. The van der Waals surface area contributed by atoms with Gasteiger partial charge in [0, 0.05) is 13.0 Å². The molecule has 0 fully saturated rings. The Balaban J connectivity index is 3.14. The maximum Gasteiger partial charge on any atom is 0.305 e. The van der Waals surface area contributed by atoms with Gasteiger partial charge in [0.15, 0.2) is 0 Å². The van der Waals surface area contributed by atoms with Gasteiger partial charge in [-0.1, -0.05) is 187 Å². The van der Waals surface area contributed by atoms with E-state index < -0.39 is 0 Å². The molecule has 0 aliphatic rings. The Morgan fingerprint density at radius 2 is 0.667 bits per heavy atom. The van der Waals surface area contributed by atoms with Crippen molar-refractivity contribution in [2.45, 2.75) is 206 Å². The van der Waals surface area contributed by atoms with Gasteiger partial charge >= 0.3 is 5.97 Å². The van der Waals surface area contributed by atoms with Crippen LogP contribution in [0.3, 0.4) is 0 Å². The van der Waals surface area contributed by atoms with Crippen molar-refractivity contribution >= 4 is 5.97 Å². The van der Waals surface area contributed by atoms with Crippen LogP contribution in [0.15, 0.2) is 0 Å². The van der Waals surface area contributed by atoms with Crippen molar-refractivity contribution in [2.75, 3.05) is 19.8 Å². The molecule has 3 nitrogen and oxygen atoms in total. The average molecular weight is 553 g/mol. The smallest absolute Gasteiger partial charge is 0.305 e. The van der Waals surface area contributed by atoms with Gasteiger partial charge in [-0.15, -0.1) is 0 Å². The molecule has 0 aromatic carbocycles. The third-order valence-electron chi connectivity index (χ3n) is 8.12. The number of unbranched alkanes of at least 4 members (excludes halogenated alkanes) is 27. The highest BCUT2D eigenvalue weighted by Gasteiger charge is 2.03. The van der Waals surface area contributed by atoms with E-state index in [9.17, 15) is 4.79 Å². The first-order chi connectivity index (χ1) is 19.3. The molecule has 234 valence electrons. The normalized spacial score (nSPS) is 11.3. The summed E-state index contributed by atoms with van der Waals surface area (Å²) in [5.74, 6) is -0.0511. The van der Waals surface area contributed by atoms with Crippen molar-refractivity contribution in [3.63, 3.8) is 0 Å². The van der Waals surface area contributed by atoms with E-state index in [1.54, 1.807) is 0 Å². The number of carbonyl (C=O) groups is 1. The molecule has 0 saturated heterocycles. The lowest BCUT2D eigenvalue weighted by molar-refractivity contribution is -0.145. The highest BCUT2D eigenvalue weighted by molar-refractivity contribution is 5.69. The maximum atomic E-state index is 11.9. The van der Waals surface area contributed by atoms with Crippen molar-refractivity contribution in [1.82, 2.24) is 0 Å². The molecule has 0 unspecified atom stereocenters. The SMILES string of the molecule is CCCCCCCCCCCCCCCCCC(=O)OCCOCCCCCCCCCCCCCCCC. The second-order valence-electron chi connectivity index (χ2n) is 12.1. The van der Waals surface area contributed by atoms with E-state index in [0.717, 1.165) is 25.9 Å². The van der Waals surface area contributed by atoms with Gasteiger partial charge in [0.2, 0.25) is 0 Å². The summed E-state index contributed by atoms with van der Waals surface area (Å²) in [7, 11) is 0. The van der Waals surface area contributed by atoms with Gasteiger partial charge in [-0.2, -0.15) is 0 Å². The zero-order chi connectivity index (χ0) is 28.3. The van der Waals surface area contributed by atoms with Crippen LogP contribution in [0.5, 0.6) is 0 Å². The van der Waals surface area contributed by atoms with E-state index in [4.69, 9.17) is 9.47 Å². The van der Waals surface area contributed by atoms with E-state index in [0.29, 0.717) is 19.6 Å². The summed E-state index contributed by atoms with van der Waals surface area (Å²) in [6.45, 7) is 6.33. The van der Waals surface area contributed by atoms with Crippen molar-refractivity contribution in [2.24, 2.45) is 0 Å². The average Bonchev–Trinajstić information content (AvgIpc) is 2.94. The number of hydrogen-bond acceptors (Lipinski definition) is 3. The molecule has 0 aliphatic carbocycles. The van der Waals surface area contributed by atoms with Crippen LogP contribution in [-0.2, 0) is 14.3 Å². The van der Waals surface area contributed by atoms with E-state index in [-0.39, 0.29) is 5.97 Å². The van der Waals surface area contributed by atoms with Crippen molar-refractivity contribution in [1.29, 1.82) is 0 Å². The first-order valence-corrected chi connectivity index (χ1v) is 18.0. The topological polar surface area (TPSA) is 35.5 Å². The summed E-state index contributed by atoms with van der Waals surface area (Å²) in [6.07, 6.45) is 40.1. The molecule has 0 radical (unpaired) electrons. The van der Waals surface area contributed by atoms with Crippen LogP contribution < -0.4 is 0 Å². The zero-order valence-corrected chi connectivity index (χ0v) is 27.1. The first kappa shape index (κ1) is 38.4. The number of hydrogen-bond donors (Lipinski definition) is 0. The molecule has 0 spiro atoms. The molecular weight excluding hydrogens is 480 g/mol. The lowest BCUT2D eigenvalue weighted by Crippen LogP contribution is -2.10. The molecule has 0 bridgehead atoms. The van der Waals surface area contributed by atoms with Gasteiger partial charge < -0.3 is 9.47 Å². The molecule has 0 aromatic heterocycles. The molecule has 0 N–H and O–H groups in total. The Morgan fingerprint density at radius 3 is 1.03 bits per heavy atom. The Bertz CT molecular complexity index is 451. The second-order valence-corrected chi connectivity index (χ2v) is 12.1. The quantitative estimate of drug-likeness (QED) is 0.0588. The van der Waals surface area contributed by atoms with Gasteiger partial charge in [-0.25, -0.2) is 0 Å². The fraction of sp³-hybridized carbons (Fsp3) is 0.972. The predicted octanol–water partition coefficient (Wildman–Crippen LogP) is 12.3. The lowest BCUT2D eigenvalue weighted by atomic mass is 10.0. The van der Waals surface area contributed by atoms with Crippen molar-refractivity contribution < 1.29 is 14.3 Å². The van der Waals surface area contributed by atoms with Gasteiger partial charge in [0.05, 0.1) is 6.61 Å². The van der Waals surface area contributed by atoms with Gasteiger partial charge in [0.1, 0.15) is 6.61 Å². The third-order valence-corrected chi connectivity index (χ3v) is 8.12. The Kier molecular flexibility index (Phi) is 34.9. The van der Waals surface area contributed by atoms with E-state index in [1.165, 1.54) is 167 Å². The number of esters is 1. The molecule has 0 atom stereocenters. The van der Waals surface area contributed by atoms with Crippen LogP contribution in [-0.4, -0.2) is 25.8 Å². The van der Waals surface area contributed by atoms with E-state index >= 15 is 0 Å². The summed E-state index contributed by atoms with van der Waals surface area (Å²) in [5.41, 5.74) is 0. The minimum Gasteiger partial charge on any atom is -0.463 e. The summed E-state index contributed by atoms with van der Waals surface area (Å²) >= 11 is 0. The fourth-order valence-corrected chi connectivity index (χ4v) is 5.43. The number of ether oxygens (including phenoxy) is 2. The van der Waals surface area contributed by atoms with Crippen LogP contribution >= 0.6 is 0 Å². The maximum absolute atomic E-state index is 11.9. The Hall–Kier alpha value is -0.570. The number of rotatable bonds is 34. The van der Waals surface area contributed by atoms with Crippen LogP contribution in [0.1, 0.15) is 206 Å². The molecule has 0 saturated carbocycles. The molecule has 0 heterocycles. The Labute approximate surface area is 246 Å². The summed E-state index contributed by atoms with van der Waals surface area (Å²) in [4.78, 5) is 11.9. The molecule has 0 aliphatic heterocycles. The van der Waals surface area contributed by atoms with Crippen LogP contribution in [0.25, 0.3) is 0 Å². The van der Waals surface area contributed by atoms with Crippen LogP contribution in [0.4, 0.5) is 0 Å². The standard InChI is InChI=1S/C36H72O3/c1-3-5-7-9-11-13-15-17-19-20-22-24-26-28-30-32-36(37)39-35-34-38-33-31-29-27-25-23-21-18-16-14-12-10-8-6-4-2/h3-35H2,1-2H3. The highest BCUT2D eigenvalue weighted by atomic mass is 16.6. The molecule has 0 amide bonds. The van der Waals surface area contributed by atoms with Crippen LogP contribution in [0.2, 0.25) is 0 Å². The lowest BCUT2D eigenvalue weighted by Gasteiger charge is -2.07. The van der Waals surface area contributed by atoms with Gasteiger partial charge in [-0.05, 0) is 12.8 Å². The Morgan fingerprint density at radius 1 is 0.359 bits per heavy atom. The van der Waals surface area contributed by atoms with E-state index in [1.807, 2.05) is 0 Å². The summed E-state index contributed by atoms with van der Waals surface area (Å²) in [5, 5.41) is 0. The second kappa shape index (κ2) is 35.5. The molecular formula is C36H72O3. The summed E-state index contributed by atoms with van der Waals surface area (Å²) < 4.78 is 11.0. The van der Waals surface area contributed by atoms with Gasteiger partial charge in [-0.3, -0.25) is 4.79 Å². The summed E-state index contributed by atoms with van der Waals surface area (Å²) in [6, 6.07) is 0. The monoisotopic (exact) mass is 553 g/mol. The van der Waals surface area contributed by atoms with Crippen molar-refractivity contribution in [3.05, 3.63) is 0 Å². The molecule has 0 aromatic rings.